The molecule has 0 saturated carbocycles. The Labute approximate surface area is 170 Å². The molecule has 1 aromatic carbocycles. The lowest BCUT2D eigenvalue weighted by molar-refractivity contribution is -0.141. The Morgan fingerprint density at radius 1 is 1.21 bits per heavy atom. The average molecular weight is 408 g/mol. The first kappa shape index (κ1) is 21.5. The molecule has 2 aliphatic heterocycles. The third kappa shape index (κ3) is 5.88. The van der Waals surface area contributed by atoms with Crippen molar-refractivity contribution >= 4 is 17.6 Å². The Kier molecular flexibility index (Phi) is 7.40. The summed E-state index contributed by atoms with van der Waals surface area (Å²) >= 11 is 0. The fraction of sp³-hybridized carbons (Fsp3) is 0.600. The summed E-state index contributed by atoms with van der Waals surface area (Å²) in [5.41, 5.74) is 0.0814. The summed E-state index contributed by atoms with van der Waals surface area (Å²) in [5.74, 6) is -0.466. The summed E-state index contributed by atoms with van der Waals surface area (Å²) in [6.45, 7) is 2.88. The number of piperazine rings is 1. The monoisotopic (exact) mass is 408 g/mol. The zero-order valence-electron chi connectivity index (χ0n) is 16.6. The van der Waals surface area contributed by atoms with Crippen LogP contribution < -0.4 is 10.6 Å². The fourth-order valence-corrected chi connectivity index (χ4v) is 3.72. The number of nitrogens with zero attached hydrogens (tertiary/aromatic N) is 2. The average Bonchev–Trinajstić information content (AvgIpc) is 2.71. The number of anilines is 1. The highest BCUT2D eigenvalue weighted by Crippen LogP contribution is 2.23. The molecule has 0 unspecified atom stereocenters. The topological polar surface area (TPSA) is 94.1 Å². The van der Waals surface area contributed by atoms with Gasteiger partial charge in [-0.3, -0.25) is 4.79 Å². The first-order valence-corrected chi connectivity index (χ1v) is 10.0. The van der Waals surface area contributed by atoms with Gasteiger partial charge in [0, 0.05) is 26.2 Å². The van der Waals surface area contributed by atoms with Gasteiger partial charge in [0.25, 0.3) is 0 Å². The Balaban J connectivity index is 1.48. The molecule has 29 heavy (non-hydrogen) atoms. The van der Waals surface area contributed by atoms with Gasteiger partial charge in [0.1, 0.15) is 11.9 Å². The Morgan fingerprint density at radius 3 is 2.62 bits per heavy atom. The number of aliphatic hydroxyl groups excluding tert-OH is 1. The number of nitrogens with one attached hydrogen (secondary N) is 2. The van der Waals surface area contributed by atoms with Gasteiger partial charge in [-0.25, -0.2) is 9.18 Å². The minimum Gasteiger partial charge on any atom is -0.394 e. The van der Waals surface area contributed by atoms with Crippen molar-refractivity contribution in [2.75, 3.05) is 45.2 Å². The second-order valence-electron chi connectivity index (χ2n) is 7.63. The molecule has 2 heterocycles. The van der Waals surface area contributed by atoms with Crippen molar-refractivity contribution in [2.24, 2.45) is 0 Å². The molecule has 0 radical (unpaired) electrons. The van der Waals surface area contributed by atoms with E-state index in [4.69, 9.17) is 4.74 Å². The second kappa shape index (κ2) is 10.00. The molecule has 0 bridgehead atoms. The molecule has 2 saturated heterocycles. The van der Waals surface area contributed by atoms with E-state index in [1.54, 1.807) is 12.1 Å². The zero-order chi connectivity index (χ0) is 20.8. The summed E-state index contributed by atoms with van der Waals surface area (Å²) < 4.78 is 19.6. The van der Waals surface area contributed by atoms with Crippen molar-refractivity contribution in [2.45, 2.75) is 37.5 Å². The number of rotatable bonds is 5. The van der Waals surface area contributed by atoms with E-state index in [2.05, 4.69) is 15.5 Å². The van der Waals surface area contributed by atoms with E-state index in [9.17, 15) is 19.1 Å². The van der Waals surface area contributed by atoms with Crippen molar-refractivity contribution in [3.63, 3.8) is 0 Å². The van der Waals surface area contributed by atoms with E-state index in [1.807, 2.05) is 11.9 Å². The van der Waals surface area contributed by atoms with Crippen molar-refractivity contribution in [1.29, 1.82) is 0 Å². The number of halogens is 1. The molecule has 8 nitrogen and oxygen atoms in total. The van der Waals surface area contributed by atoms with Crippen LogP contribution in [-0.4, -0.2) is 84.9 Å². The quantitative estimate of drug-likeness (QED) is 0.676. The fourth-order valence-electron chi connectivity index (χ4n) is 3.72. The number of carbonyl (C=O) groups is 2. The van der Waals surface area contributed by atoms with Crippen LogP contribution in [0.15, 0.2) is 24.3 Å². The van der Waals surface area contributed by atoms with Gasteiger partial charge in [-0.1, -0.05) is 12.1 Å². The largest absolute Gasteiger partial charge is 0.394 e. The summed E-state index contributed by atoms with van der Waals surface area (Å²) in [7, 11) is 2.04. The molecule has 0 aromatic heterocycles. The lowest BCUT2D eigenvalue weighted by atomic mass is 9.97. The van der Waals surface area contributed by atoms with Crippen LogP contribution in [0.2, 0.25) is 0 Å². The number of benzene rings is 1. The van der Waals surface area contributed by atoms with Crippen molar-refractivity contribution in [3.8, 4) is 0 Å². The number of amides is 3. The standard InChI is InChI=1S/C20H29FN4O4/c1-24-8-10-25(11-9-24)19(27)12-14-6-7-17(18(13-26)29-14)23-20(28)22-16-5-3-2-4-15(16)21/h2-5,14,17-18,26H,6-13H2,1H3,(H2,22,23,28)/t14-,17+,18+/m0/s1. The Hall–Kier alpha value is -2.23. The van der Waals surface area contributed by atoms with Crippen molar-refractivity contribution in [3.05, 3.63) is 30.1 Å². The normalized spacial score (nSPS) is 25.5. The van der Waals surface area contributed by atoms with Gasteiger partial charge in [0.05, 0.1) is 30.9 Å². The smallest absolute Gasteiger partial charge is 0.319 e. The minimum atomic E-state index is -0.611. The molecule has 2 fully saturated rings. The van der Waals surface area contributed by atoms with Gasteiger partial charge in [0.15, 0.2) is 0 Å². The maximum atomic E-state index is 13.7. The highest BCUT2D eigenvalue weighted by atomic mass is 19.1. The molecule has 1 aromatic rings. The third-order valence-electron chi connectivity index (χ3n) is 5.49. The van der Waals surface area contributed by atoms with Crippen LogP contribution in [0, 0.1) is 5.82 Å². The lowest BCUT2D eigenvalue weighted by Gasteiger charge is -2.37. The van der Waals surface area contributed by atoms with Crippen LogP contribution >= 0.6 is 0 Å². The maximum absolute atomic E-state index is 13.7. The number of ether oxygens (including phenoxy) is 1. The van der Waals surface area contributed by atoms with Gasteiger partial charge in [0.2, 0.25) is 5.91 Å². The Morgan fingerprint density at radius 2 is 1.93 bits per heavy atom. The summed E-state index contributed by atoms with van der Waals surface area (Å²) in [5, 5.41) is 14.9. The van der Waals surface area contributed by atoms with Gasteiger partial charge in [-0.15, -0.1) is 0 Å². The van der Waals surface area contributed by atoms with Crippen LogP contribution in [0.25, 0.3) is 0 Å². The summed E-state index contributed by atoms with van der Waals surface area (Å²) in [4.78, 5) is 28.7. The number of likely N-dealkylation sites (N-methyl/N-ethyl adjacent to an activating group) is 1. The zero-order valence-corrected chi connectivity index (χ0v) is 16.6. The van der Waals surface area contributed by atoms with E-state index >= 15 is 0 Å². The number of para-hydroxylation sites is 1. The van der Waals surface area contributed by atoms with E-state index in [1.165, 1.54) is 12.1 Å². The van der Waals surface area contributed by atoms with E-state index in [0.29, 0.717) is 25.9 Å². The number of carbonyl (C=O) groups excluding carboxylic acids is 2. The second-order valence-corrected chi connectivity index (χ2v) is 7.63. The maximum Gasteiger partial charge on any atom is 0.319 e. The van der Waals surface area contributed by atoms with Gasteiger partial charge < -0.3 is 30.3 Å². The van der Waals surface area contributed by atoms with Gasteiger partial charge in [-0.2, -0.15) is 0 Å². The molecule has 9 heteroatoms. The van der Waals surface area contributed by atoms with Crippen LogP contribution in [0.3, 0.4) is 0 Å². The third-order valence-corrected chi connectivity index (χ3v) is 5.49. The molecule has 3 N–H and O–H groups in total. The van der Waals surface area contributed by atoms with E-state index in [-0.39, 0.29) is 30.7 Å². The number of hydrogen-bond acceptors (Lipinski definition) is 5. The minimum absolute atomic E-state index is 0.0588. The lowest BCUT2D eigenvalue weighted by Crippen LogP contribution is -2.53. The summed E-state index contributed by atoms with van der Waals surface area (Å²) in [6.07, 6.45) is 0.540. The molecule has 2 aliphatic rings. The molecule has 3 amide bonds. The highest BCUT2D eigenvalue weighted by molar-refractivity contribution is 5.89. The SMILES string of the molecule is CN1CCN(C(=O)C[C@@H]2CC[C@@H](NC(=O)Nc3ccccc3F)[C@@H](CO)O2)CC1. The van der Waals surface area contributed by atoms with Gasteiger partial charge >= 0.3 is 6.03 Å². The van der Waals surface area contributed by atoms with Gasteiger partial charge in [-0.05, 0) is 32.0 Å². The molecule has 3 rings (SSSR count). The molecule has 160 valence electrons. The van der Waals surface area contributed by atoms with Crippen molar-refractivity contribution < 1.29 is 23.8 Å². The molecule has 0 aliphatic carbocycles. The van der Waals surface area contributed by atoms with E-state index in [0.717, 1.165) is 13.1 Å². The number of aliphatic hydroxyl groups is 1. The molecular formula is C20H29FN4O4. The predicted octanol–water partition coefficient (Wildman–Crippen LogP) is 1.02. The Bertz CT molecular complexity index is 711. The van der Waals surface area contributed by atoms with Crippen LogP contribution in [0.4, 0.5) is 14.9 Å². The van der Waals surface area contributed by atoms with Crippen LogP contribution in [0.1, 0.15) is 19.3 Å². The van der Waals surface area contributed by atoms with E-state index < -0.39 is 24.0 Å². The number of hydrogen-bond donors (Lipinski definition) is 3. The van der Waals surface area contributed by atoms with Crippen LogP contribution in [-0.2, 0) is 9.53 Å². The first-order valence-electron chi connectivity index (χ1n) is 10.0. The predicted molar refractivity (Wildman–Crippen MR) is 106 cm³/mol. The number of urea groups is 1. The van der Waals surface area contributed by atoms with Crippen molar-refractivity contribution in [1.82, 2.24) is 15.1 Å². The molecular weight excluding hydrogens is 379 g/mol. The van der Waals surface area contributed by atoms with Crippen LogP contribution in [0.5, 0.6) is 0 Å². The first-order chi connectivity index (χ1) is 14.0. The molecule has 3 atom stereocenters. The summed E-state index contributed by atoms with van der Waals surface area (Å²) in [6, 6.07) is 4.92. The molecule has 0 spiro atoms. The highest BCUT2D eigenvalue weighted by Gasteiger charge is 2.34.